The topological polar surface area (TPSA) is 27.7 Å². The van der Waals surface area contributed by atoms with Crippen molar-refractivity contribution in [1.82, 2.24) is 0 Å². The van der Waals surface area contributed by atoms with Crippen LogP contribution in [0.5, 0.6) is 0 Å². The van der Waals surface area contributed by atoms with Gasteiger partial charge in [-0.25, -0.2) is 4.57 Å². The molecule has 0 radical (unpaired) electrons. The number of hydrogen-bond donors (Lipinski definition) is 0. The summed E-state index contributed by atoms with van der Waals surface area (Å²) in [6.07, 6.45) is 5.87. The molecule has 0 saturated carbocycles. The maximum absolute atomic E-state index is 6.25. The average Bonchev–Trinajstić information content (AvgIpc) is 2.20. The van der Waals surface area contributed by atoms with Crippen LogP contribution < -0.4 is 4.57 Å². The first-order valence-electron chi connectivity index (χ1n) is 4.50. The highest BCUT2D eigenvalue weighted by atomic mass is 14.9. The van der Waals surface area contributed by atoms with Gasteiger partial charge in [0.05, 0.1) is 0 Å². The van der Waals surface area contributed by atoms with Crippen LogP contribution in [0.3, 0.4) is 0 Å². The third-order valence-corrected chi connectivity index (χ3v) is 1.95. The second-order valence-electron chi connectivity index (χ2n) is 2.91. The van der Waals surface area contributed by atoms with Gasteiger partial charge in [0.25, 0.3) is 0 Å². The van der Waals surface area contributed by atoms with E-state index in [-0.39, 0.29) is 0 Å². The van der Waals surface area contributed by atoms with Crippen molar-refractivity contribution in [2.75, 3.05) is 0 Å². The van der Waals surface area contributed by atoms with Crippen molar-refractivity contribution >= 4 is 0 Å². The molecule has 0 aliphatic heterocycles. The van der Waals surface area contributed by atoms with E-state index in [2.05, 4.69) is 42.9 Å². The summed E-state index contributed by atoms with van der Waals surface area (Å²) in [7, 11) is 2.10. The molecule has 0 bridgehead atoms. The fourth-order valence-corrected chi connectivity index (χ4v) is 1.18. The highest BCUT2D eigenvalue weighted by Crippen LogP contribution is 1.97. The third-order valence-electron chi connectivity index (χ3n) is 1.95. The van der Waals surface area contributed by atoms with Crippen LogP contribution >= 0.6 is 0 Å². The van der Waals surface area contributed by atoms with Gasteiger partial charge in [-0.05, 0) is 6.42 Å². The average molecular weight is 176 g/mol. The van der Waals surface area contributed by atoms with E-state index < -0.39 is 0 Å². The number of rotatable bonds is 3. The maximum Gasteiger partial charge on any atom is 0.181 e. The van der Waals surface area contributed by atoms with Gasteiger partial charge < -0.3 is 11.8 Å². The van der Waals surface area contributed by atoms with Crippen LogP contribution in [0.1, 0.15) is 25.5 Å². The van der Waals surface area contributed by atoms with Gasteiger partial charge in [-0.2, -0.15) is 0 Å². The molecule has 0 aromatic carbocycles. The van der Waals surface area contributed by atoms with Crippen molar-refractivity contribution < 1.29 is 4.57 Å². The molecule has 1 aromatic rings. The second kappa shape index (κ2) is 7.30. The standard InChI is InChI=1S/C10H16N.CN/c1-3-4-7-10-8-5-6-9-11(10)2;1-2/h5-6,8-9H,3-4,7H2,1-2H3;/q+1;-1. The quantitative estimate of drug-likeness (QED) is 0.511. The van der Waals surface area contributed by atoms with Gasteiger partial charge in [-0.1, -0.05) is 19.4 Å². The minimum atomic E-state index is 1.20. The molecule has 0 saturated heterocycles. The molecule has 2 heteroatoms. The number of aromatic nitrogens is 1. The predicted molar refractivity (Wildman–Crippen MR) is 51.2 cm³/mol. The normalized spacial score (nSPS) is 8.62. The first-order valence-corrected chi connectivity index (χ1v) is 4.50. The molecular weight excluding hydrogens is 160 g/mol. The smallest absolute Gasteiger partial charge is 0.181 e. The summed E-state index contributed by atoms with van der Waals surface area (Å²) in [4.78, 5) is 0. The third kappa shape index (κ3) is 4.27. The van der Waals surface area contributed by atoms with Crippen LogP contribution in [0.15, 0.2) is 24.4 Å². The first kappa shape index (κ1) is 11.6. The van der Waals surface area contributed by atoms with Gasteiger partial charge >= 0.3 is 0 Å². The molecule has 0 amide bonds. The predicted octanol–water partition coefficient (Wildman–Crippen LogP) is 1.95. The molecule has 0 atom stereocenters. The zero-order chi connectivity index (χ0) is 10.1. The number of unbranched alkanes of at least 4 members (excludes halogenated alkanes) is 1. The lowest BCUT2D eigenvalue weighted by atomic mass is 10.2. The molecule has 1 aromatic heterocycles. The largest absolute Gasteiger partial charge is 0.512 e. The summed E-state index contributed by atoms with van der Waals surface area (Å²) in [5.74, 6) is 0. The minimum absolute atomic E-state index is 1.20. The van der Waals surface area contributed by atoms with Crippen molar-refractivity contribution in [2.45, 2.75) is 26.2 Å². The Morgan fingerprint density at radius 3 is 2.62 bits per heavy atom. The molecule has 2 nitrogen and oxygen atoms in total. The highest BCUT2D eigenvalue weighted by molar-refractivity contribution is 4.96. The molecule has 0 aliphatic carbocycles. The number of pyridine rings is 1. The molecule has 1 rings (SSSR count). The molecule has 0 unspecified atom stereocenters. The Morgan fingerprint density at radius 1 is 1.38 bits per heavy atom. The second-order valence-corrected chi connectivity index (χ2v) is 2.91. The summed E-state index contributed by atoms with van der Waals surface area (Å²) in [5.41, 5.74) is 1.43. The van der Waals surface area contributed by atoms with Gasteiger partial charge in [-0.3, -0.25) is 0 Å². The van der Waals surface area contributed by atoms with E-state index in [0.29, 0.717) is 0 Å². The van der Waals surface area contributed by atoms with E-state index in [1.807, 2.05) is 0 Å². The molecule has 70 valence electrons. The van der Waals surface area contributed by atoms with Crippen molar-refractivity contribution in [3.05, 3.63) is 36.7 Å². The summed E-state index contributed by atoms with van der Waals surface area (Å²) in [5, 5.41) is 6.25. The molecule has 0 spiro atoms. The zero-order valence-electron chi connectivity index (χ0n) is 8.33. The van der Waals surface area contributed by atoms with Gasteiger partial charge in [0.15, 0.2) is 11.9 Å². The summed E-state index contributed by atoms with van der Waals surface area (Å²) < 4.78 is 2.19. The Bertz CT molecular complexity index is 253. The van der Waals surface area contributed by atoms with Gasteiger partial charge in [-0.15, -0.1) is 0 Å². The summed E-state index contributed by atoms with van der Waals surface area (Å²) in [6.45, 7) is 6.98. The SMILES string of the molecule is CCCCc1cccc[n+]1C.[C-]#N. The molecule has 0 N–H and O–H groups in total. The Balaban J connectivity index is 0.000000671. The molecular formula is C11H16N2. The van der Waals surface area contributed by atoms with Crippen molar-refractivity contribution in [3.63, 3.8) is 0 Å². The lowest BCUT2D eigenvalue weighted by molar-refractivity contribution is -0.679. The lowest BCUT2D eigenvalue weighted by Gasteiger charge is -1.96. The number of hydrogen-bond acceptors (Lipinski definition) is 1. The van der Waals surface area contributed by atoms with Crippen LogP contribution in [-0.2, 0) is 13.5 Å². The van der Waals surface area contributed by atoms with E-state index in [9.17, 15) is 0 Å². The number of aryl methyl sites for hydroxylation is 2. The van der Waals surface area contributed by atoms with Crippen molar-refractivity contribution in [2.24, 2.45) is 7.05 Å². The van der Waals surface area contributed by atoms with Crippen LogP contribution in [0.25, 0.3) is 0 Å². The van der Waals surface area contributed by atoms with Crippen LogP contribution in [0, 0.1) is 11.8 Å². The van der Waals surface area contributed by atoms with Crippen LogP contribution in [-0.4, -0.2) is 0 Å². The molecule has 0 fully saturated rings. The van der Waals surface area contributed by atoms with Gasteiger partial charge in [0, 0.05) is 18.6 Å². The van der Waals surface area contributed by atoms with E-state index in [4.69, 9.17) is 11.8 Å². The summed E-state index contributed by atoms with van der Waals surface area (Å²) in [6, 6.07) is 6.36. The van der Waals surface area contributed by atoms with Gasteiger partial charge in [0.1, 0.15) is 7.05 Å². The summed E-state index contributed by atoms with van der Waals surface area (Å²) >= 11 is 0. The van der Waals surface area contributed by atoms with Gasteiger partial charge in [0.2, 0.25) is 0 Å². The fourth-order valence-electron chi connectivity index (χ4n) is 1.18. The fraction of sp³-hybridized carbons (Fsp3) is 0.455. The minimum Gasteiger partial charge on any atom is -0.512 e. The van der Waals surface area contributed by atoms with Crippen molar-refractivity contribution in [3.8, 4) is 0 Å². The molecule has 1 heterocycles. The molecule has 0 aliphatic rings. The maximum atomic E-state index is 6.25. The Kier molecular flexibility index (Phi) is 6.53. The Labute approximate surface area is 80.4 Å². The monoisotopic (exact) mass is 176 g/mol. The van der Waals surface area contributed by atoms with E-state index in [1.165, 1.54) is 25.0 Å². The van der Waals surface area contributed by atoms with Crippen molar-refractivity contribution in [1.29, 1.82) is 5.26 Å². The Hall–Kier alpha value is -1.36. The lowest BCUT2D eigenvalue weighted by Crippen LogP contribution is -2.32. The number of nitrogens with zero attached hydrogens (tertiary/aromatic N) is 2. The van der Waals surface area contributed by atoms with E-state index >= 15 is 0 Å². The highest BCUT2D eigenvalue weighted by Gasteiger charge is 2.01. The van der Waals surface area contributed by atoms with Crippen LogP contribution in [0.4, 0.5) is 0 Å². The molecule has 13 heavy (non-hydrogen) atoms. The van der Waals surface area contributed by atoms with Crippen LogP contribution in [0.2, 0.25) is 0 Å². The first-order chi connectivity index (χ1) is 6.34. The Morgan fingerprint density at radius 2 is 2.08 bits per heavy atom. The zero-order valence-corrected chi connectivity index (χ0v) is 8.33. The van der Waals surface area contributed by atoms with E-state index in [1.54, 1.807) is 0 Å². The van der Waals surface area contributed by atoms with E-state index in [0.717, 1.165) is 0 Å².